The molecule has 17 heavy (non-hydrogen) atoms. The normalized spacial score (nSPS) is 11.1. The zero-order valence-corrected chi connectivity index (χ0v) is 10.1. The Labute approximate surface area is 99.4 Å². The lowest BCUT2D eigenvalue weighted by Gasteiger charge is -2.11. The van der Waals surface area contributed by atoms with Gasteiger partial charge in [-0.05, 0) is 26.0 Å². The molecule has 4 nitrogen and oxygen atoms in total. The number of nitrogens with zero attached hydrogens (tertiary/aromatic N) is 1. The Bertz CT molecular complexity index is 569. The van der Waals surface area contributed by atoms with Crippen LogP contribution in [0.4, 0.5) is 0 Å². The SMILES string of the molecule is CC(C)Oc1cccc2c1c(C(=O)O)cn2C. The summed E-state index contributed by atoms with van der Waals surface area (Å²) in [5, 5.41) is 9.85. The molecule has 0 aliphatic carbocycles. The van der Waals surface area contributed by atoms with Crippen LogP contribution in [-0.2, 0) is 7.05 Å². The summed E-state index contributed by atoms with van der Waals surface area (Å²) in [5.74, 6) is -0.314. The molecule has 0 fully saturated rings. The van der Waals surface area contributed by atoms with Gasteiger partial charge in [-0.25, -0.2) is 4.79 Å². The van der Waals surface area contributed by atoms with Crippen molar-refractivity contribution in [1.82, 2.24) is 4.57 Å². The van der Waals surface area contributed by atoms with E-state index in [1.165, 1.54) is 0 Å². The first-order valence-corrected chi connectivity index (χ1v) is 5.48. The van der Waals surface area contributed by atoms with Crippen molar-refractivity contribution in [2.75, 3.05) is 0 Å². The maximum atomic E-state index is 11.2. The summed E-state index contributed by atoms with van der Waals surface area (Å²) in [4.78, 5) is 11.2. The van der Waals surface area contributed by atoms with Crippen molar-refractivity contribution < 1.29 is 14.6 Å². The molecule has 0 aliphatic heterocycles. The minimum atomic E-state index is -0.935. The third-order valence-electron chi connectivity index (χ3n) is 2.57. The first-order valence-electron chi connectivity index (χ1n) is 5.48. The van der Waals surface area contributed by atoms with E-state index < -0.39 is 5.97 Å². The fraction of sp³-hybridized carbons (Fsp3) is 0.308. The highest BCUT2D eigenvalue weighted by molar-refractivity contribution is 6.06. The molecule has 2 rings (SSSR count). The van der Waals surface area contributed by atoms with Crippen molar-refractivity contribution in [3.63, 3.8) is 0 Å². The molecule has 1 aromatic carbocycles. The minimum absolute atomic E-state index is 0.0162. The highest BCUT2D eigenvalue weighted by Gasteiger charge is 2.17. The summed E-state index contributed by atoms with van der Waals surface area (Å²) in [7, 11) is 1.83. The van der Waals surface area contributed by atoms with E-state index in [9.17, 15) is 9.90 Å². The van der Waals surface area contributed by atoms with Crippen LogP contribution in [0.15, 0.2) is 24.4 Å². The van der Waals surface area contributed by atoms with E-state index >= 15 is 0 Å². The highest BCUT2D eigenvalue weighted by atomic mass is 16.5. The number of ether oxygens (including phenoxy) is 1. The van der Waals surface area contributed by atoms with Crippen LogP contribution < -0.4 is 4.74 Å². The minimum Gasteiger partial charge on any atom is -0.490 e. The molecule has 4 heteroatoms. The average molecular weight is 233 g/mol. The first-order chi connectivity index (χ1) is 8.00. The number of aryl methyl sites for hydroxylation is 1. The predicted molar refractivity (Wildman–Crippen MR) is 65.6 cm³/mol. The van der Waals surface area contributed by atoms with E-state index in [2.05, 4.69) is 0 Å². The number of hydrogen-bond acceptors (Lipinski definition) is 2. The molecule has 0 saturated heterocycles. The van der Waals surface area contributed by atoms with Crippen molar-refractivity contribution in [3.05, 3.63) is 30.0 Å². The molecule has 0 aliphatic rings. The van der Waals surface area contributed by atoms with E-state index in [4.69, 9.17) is 4.74 Å². The van der Waals surface area contributed by atoms with Crippen molar-refractivity contribution in [2.24, 2.45) is 7.05 Å². The number of aromatic nitrogens is 1. The maximum Gasteiger partial charge on any atom is 0.338 e. The van der Waals surface area contributed by atoms with Gasteiger partial charge in [0.15, 0.2) is 0 Å². The van der Waals surface area contributed by atoms with E-state index in [0.717, 1.165) is 5.52 Å². The molecule has 0 bridgehead atoms. The molecule has 2 aromatic rings. The topological polar surface area (TPSA) is 51.5 Å². The van der Waals surface area contributed by atoms with Crippen LogP contribution in [0.2, 0.25) is 0 Å². The van der Waals surface area contributed by atoms with Crippen LogP contribution >= 0.6 is 0 Å². The number of carbonyl (C=O) groups is 1. The van der Waals surface area contributed by atoms with Crippen LogP contribution in [-0.4, -0.2) is 21.7 Å². The Morgan fingerprint density at radius 3 is 2.71 bits per heavy atom. The summed E-state index contributed by atoms with van der Waals surface area (Å²) in [6.45, 7) is 3.84. The van der Waals surface area contributed by atoms with Crippen molar-refractivity contribution >= 4 is 16.9 Å². The number of benzene rings is 1. The molecule has 90 valence electrons. The Morgan fingerprint density at radius 2 is 2.12 bits per heavy atom. The van der Waals surface area contributed by atoms with Crippen LogP contribution in [0.25, 0.3) is 10.9 Å². The molecule has 0 spiro atoms. The van der Waals surface area contributed by atoms with Gasteiger partial charge in [0.05, 0.1) is 22.6 Å². The lowest BCUT2D eigenvalue weighted by Crippen LogP contribution is -2.06. The molecule has 0 unspecified atom stereocenters. The molecular weight excluding hydrogens is 218 g/mol. The van der Waals surface area contributed by atoms with E-state index in [1.54, 1.807) is 16.8 Å². The van der Waals surface area contributed by atoms with Crippen LogP contribution in [0.5, 0.6) is 5.75 Å². The molecule has 0 atom stereocenters. The maximum absolute atomic E-state index is 11.2. The fourth-order valence-corrected chi connectivity index (χ4v) is 1.93. The quantitative estimate of drug-likeness (QED) is 0.886. The Kier molecular flexibility index (Phi) is 2.79. The van der Waals surface area contributed by atoms with Gasteiger partial charge in [0.1, 0.15) is 5.75 Å². The van der Waals surface area contributed by atoms with Gasteiger partial charge >= 0.3 is 5.97 Å². The smallest absolute Gasteiger partial charge is 0.338 e. The van der Waals surface area contributed by atoms with Gasteiger partial charge in [0.2, 0.25) is 0 Å². The molecule has 1 N–H and O–H groups in total. The van der Waals surface area contributed by atoms with Gasteiger partial charge in [-0.3, -0.25) is 0 Å². The van der Waals surface area contributed by atoms with E-state index in [0.29, 0.717) is 11.1 Å². The second-order valence-electron chi connectivity index (χ2n) is 4.28. The van der Waals surface area contributed by atoms with Gasteiger partial charge in [-0.2, -0.15) is 0 Å². The molecule has 0 saturated carbocycles. The zero-order valence-electron chi connectivity index (χ0n) is 10.1. The zero-order chi connectivity index (χ0) is 12.6. The lowest BCUT2D eigenvalue weighted by atomic mass is 10.1. The second kappa shape index (κ2) is 4.13. The number of hydrogen-bond donors (Lipinski definition) is 1. The number of rotatable bonds is 3. The third-order valence-corrected chi connectivity index (χ3v) is 2.57. The van der Waals surface area contributed by atoms with E-state index in [-0.39, 0.29) is 11.7 Å². The Hall–Kier alpha value is -1.97. The third kappa shape index (κ3) is 1.98. The number of aromatic carboxylic acids is 1. The summed E-state index contributed by atoms with van der Waals surface area (Å²) in [6, 6.07) is 5.55. The van der Waals surface area contributed by atoms with Crippen molar-refractivity contribution in [1.29, 1.82) is 0 Å². The first kappa shape index (κ1) is 11.5. The molecule has 1 aromatic heterocycles. The van der Waals surface area contributed by atoms with E-state index in [1.807, 2.05) is 33.0 Å². The fourth-order valence-electron chi connectivity index (χ4n) is 1.93. The van der Waals surface area contributed by atoms with Crippen molar-refractivity contribution in [3.8, 4) is 5.75 Å². The van der Waals surface area contributed by atoms with Gasteiger partial charge in [-0.1, -0.05) is 6.07 Å². The standard InChI is InChI=1S/C13H15NO3/c1-8(2)17-11-6-4-5-10-12(11)9(13(15)16)7-14(10)3/h4-8H,1-3H3,(H,15,16). The molecule has 0 radical (unpaired) electrons. The monoisotopic (exact) mass is 233 g/mol. The summed E-state index contributed by atoms with van der Waals surface area (Å²) < 4.78 is 7.45. The number of carboxylic acid groups (broad SMARTS) is 1. The van der Waals surface area contributed by atoms with Gasteiger partial charge in [0, 0.05) is 13.2 Å². The second-order valence-corrected chi connectivity index (χ2v) is 4.28. The Balaban J connectivity index is 2.72. The largest absolute Gasteiger partial charge is 0.490 e. The summed E-state index contributed by atoms with van der Waals surface area (Å²) in [5.41, 5.74) is 1.14. The van der Waals surface area contributed by atoms with Gasteiger partial charge in [-0.15, -0.1) is 0 Å². The van der Waals surface area contributed by atoms with Crippen LogP contribution in [0.1, 0.15) is 24.2 Å². The molecular formula is C13H15NO3. The predicted octanol–water partition coefficient (Wildman–Crippen LogP) is 2.66. The van der Waals surface area contributed by atoms with Gasteiger partial charge in [0.25, 0.3) is 0 Å². The molecule has 0 amide bonds. The summed E-state index contributed by atoms with van der Waals surface area (Å²) >= 11 is 0. The Morgan fingerprint density at radius 1 is 1.41 bits per heavy atom. The average Bonchev–Trinajstić information content (AvgIpc) is 2.57. The van der Waals surface area contributed by atoms with Gasteiger partial charge < -0.3 is 14.4 Å². The van der Waals surface area contributed by atoms with Crippen molar-refractivity contribution in [2.45, 2.75) is 20.0 Å². The highest BCUT2D eigenvalue weighted by Crippen LogP contribution is 2.30. The number of carboxylic acids is 1. The lowest BCUT2D eigenvalue weighted by molar-refractivity contribution is 0.0698. The number of fused-ring (bicyclic) bond motifs is 1. The summed E-state index contributed by atoms with van der Waals surface area (Å²) in [6.07, 6.45) is 1.63. The van der Waals surface area contributed by atoms with Crippen LogP contribution in [0.3, 0.4) is 0 Å². The van der Waals surface area contributed by atoms with Crippen LogP contribution in [0, 0.1) is 0 Å². The molecule has 1 heterocycles.